The van der Waals surface area contributed by atoms with Crippen molar-refractivity contribution in [2.75, 3.05) is 33.4 Å². The topological polar surface area (TPSA) is 90.6 Å². The summed E-state index contributed by atoms with van der Waals surface area (Å²) in [5, 5.41) is 17.6. The zero-order valence-electron chi connectivity index (χ0n) is 11.3. The number of nitrogens with zero attached hydrogens (tertiary/aromatic N) is 2. The highest BCUT2D eigenvalue weighted by molar-refractivity contribution is 7.88. The lowest BCUT2D eigenvalue weighted by molar-refractivity contribution is 0.168. The number of benzene rings is 1. The van der Waals surface area contributed by atoms with Gasteiger partial charge in [-0.3, -0.25) is 0 Å². The molecule has 1 N–H and O–H groups in total. The van der Waals surface area contributed by atoms with Crippen molar-refractivity contribution >= 4 is 10.0 Å². The molecular formula is C13H18N2O4S. The largest absolute Gasteiger partial charge is 0.395 e. The normalized spacial score (nSPS) is 11.5. The van der Waals surface area contributed by atoms with Gasteiger partial charge in [0.1, 0.15) is 0 Å². The number of rotatable bonds is 8. The average molecular weight is 298 g/mol. The lowest BCUT2D eigenvalue weighted by atomic mass is 10.2. The molecule has 0 unspecified atom stereocenters. The second-order valence-corrected chi connectivity index (χ2v) is 6.15. The van der Waals surface area contributed by atoms with Gasteiger partial charge in [-0.25, -0.2) is 8.42 Å². The molecule has 1 aromatic rings. The number of aliphatic hydroxyl groups excluding tert-OH is 1. The molecule has 1 aromatic carbocycles. The van der Waals surface area contributed by atoms with Crippen LogP contribution in [0.4, 0.5) is 0 Å². The van der Waals surface area contributed by atoms with E-state index in [-0.39, 0.29) is 32.1 Å². The summed E-state index contributed by atoms with van der Waals surface area (Å²) in [6, 6.07) is 8.37. The molecule has 0 spiro atoms. The minimum Gasteiger partial charge on any atom is -0.395 e. The molecule has 1 rings (SSSR count). The summed E-state index contributed by atoms with van der Waals surface area (Å²) in [6.07, 6.45) is 0. The number of aliphatic hydroxyl groups is 1. The molecule has 7 heteroatoms. The Bertz CT molecular complexity index is 549. The van der Waals surface area contributed by atoms with Crippen molar-refractivity contribution < 1.29 is 18.3 Å². The van der Waals surface area contributed by atoms with Crippen molar-refractivity contribution in [1.29, 1.82) is 5.26 Å². The van der Waals surface area contributed by atoms with Crippen molar-refractivity contribution in [3.05, 3.63) is 35.4 Å². The van der Waals surface area contributed by atoms with Gasteiger partial charge in [-0.1, -0.05) is 12.1 Å². The molecule has 0 aliphatic heterocycles. The van der Waals surface area contributed by atoms with E-state index < -0.39 is 10.0 Å². The number of hydrogen-bond acceptors (Lipinski definition) is 5. The van der Waals surface area contributed by atoms with Crippen molar-refractivity contribution in [1.82, 2.24) is 4.31 Å². The van der Waals surface area contributed by atoms with E-state index >= 15 is 0 Å². The second-order valence-electron chi connectivity index (χ2n) is 4.18. The van der Waals surface area contributed by atoms with Crippen molar-refractivity contribution in [3.63, 3.8) is 0 Å². The Hall–Kier alpha value is -1.46. The van der Waals surface area contributed by atoms with Crippen molar-refractivity contribution in [2.45, 2.75) is 5.75 Å². The zero-order chi connectivity index (χ0) is 15.0. The summed E-state index contributed by atoms with van der Waals surface area (Å²) in [5.41, 5.74) is 1.09. The molecule has 0 aromatic heterocycles. The van der Waals surface area contributed by atoms with Gasteiger partial charge in [-0.15, -0.1) is 0 Å². The summed E-state index contributed by atoms with van der Waals surface area (Å²) in [6.45, 7) is 0.278. The van der Waals surface area contributed by atoms with E-state index in [0.717, 1.165) is 0 Å². The number of nitriles is 1. The quantitative estimate of drug-likeness (QED) is 0.747. The maximum absolute atomic E-state index is 12.2. The minimum absolute atomic E-state index is 0.0436. The highest BCUT2D eigenvalue weighted by atomic mass is 32.2. The fourth-order valence-corrected chi connectivity index (χ4v) is 3.18. The molecule has 20 heavy (non-hydrogen) atoms. The Morgan fingerprint density at radius 3 is 2.45 bits per heavy atom. The molecule has 0 saturated heterocycles. The molecule has 0 heterocycles. The van der Waals surface area contributed by atoms with Gasteiger partial charge in [-0.05, 0) is 17.7 Å². The smallest absolute Gasteiger partial charge is 0.218 e. The van der Waals surface area contributed by atoms with Crippen LogP contribution in [0.2, 0.25) is 0 Å². The first kappa shape index (κ1) is 16.6. The Balaban J connectivity index is 2.81. The lowest BCUT2D eigenvalue weighted by Gasteiger charge is -2.20. The Morgan fingerprint density at radius 2 is 1.95 bits per heavy atom. The highest BCUT2D eigenvalue weighted by Crippen LogP contribution is 2.11. The summed E-state index contributed by atoms with van der Waals surface area (Å²) < 4.78 is 30.6. The van der Waals surface area contributed by atoms with Gasteiger partial charge < -0.3 is 9.84 Å². The van der Waals surface area contributed by atoms with Crippen LogP contribution in [0, 0.1) is 11.3 Å². The fraction of sp³-hybridized carbons (Fsp3) is 0.462. The summed E-state index contributed by atoms with van der Waals surface area (Å²) in [5.74, 6) is -0.164. The van der Waals surface area contributed by atoms with Crippen LogP contribution in [-0.2, 0) is 20.5 Å². The third kappa shape index (κ3) is 4.90. The number of methoxy groups -OCH3 is 1. The highest BCUT2D eigenvalue weighted by Gasteiger charge is 2.21. The Kier molecular flexibility index (Phi) is 6.61. The monoisotopic (exact) mass is 298 g/mol. The van der Waals surface area contributed by atoms with Crippen molar-refractivity contribution in [2.24, 2.45) is 0 Å². The molecule has 0 saturated carbocycles. The maximum atomic E-state index is 12.2. The van der Waals surface area contributed by atoms with E-state index in [1.807, 2.05) is 6.07 Å². The van der Waals surface area contributed by atoms with Gasteiger partial charge in [0.15, 0.2) is 0 Å². The summed E-state index contributed by atoms with van der Waals surface area (Å²) >= 11 is 0. The molecule has 0 bridgehead atoms. The Morgan fingerprint density at radius 1 is 1.30 bits per heavy atom. The van der Waals surface area contributed by atoms with Crippen LogP contribution in [0.3, 0.4) is 0 Å². The van der Waals surface area contributed by atoms with Gasteiger partial charge in [-0.2, -0.15) is 9.57 Å². The average Bonchev–Trinajstić information content (AvgIpc) is 2.43. The molecule has 0 aliphatic carbocycles. The first-order chi connectivity index (χ1) is 9.53. The van der Waals surface area contributed by atoms with E-state index in [1.165, 1.54) is 11.4 Å². The number of sulfonamides is 1. The lowest BCUT2D eigenvalue weighted by Crippen LogP contribution is -2.36. The third-order valence-corrected chi connectivity index (χ3v) is 4.57. The predicted octanol–water partition coefficient (Wildman–Crippen LogP) is 0.329. The fourth-order valence-electron chi connectivity index (χ4n) is 1.67. The summed E-state index contributed by atoms with van der Waals surface area (Å²) in [4.78, 5) is 0. The van der Waals surface area contributed by atoms with E-state index in [2.05, 4.69) is 0 Å². The zero-order valence-corrected chi connectivity index (χ0v) is 12.1. The molecule has 0 aliphatic rings. The third-order valence-electron chi connectivity index (χ3n) is 2.72. The predicted molar refractivity (Wildman–Crippen MR) is 74.3 cm³/mol. The van der Waals surface area contributed by atoms with Crippen LogP contribution >= 0.6 is 0 Å². The maximum Gasteiger partial charge on any atom is 0.218 e. The first-order valence-electron chi connectivity index (χ1n) is 6.10. The number of hydrogen-bond donors (Lipinski definition) is 1. The molecule has 0 fully saturated rings. The molecule has 0 atom stereocenters. The molecular weight excluding hydrogens is 280 g/mol. The molecule has 6 nitrogen and oxygen atoms in total. The SMILES string of the molecule is COCCN(CCO)S(=O)(=O)Cc1ccc(C#N)cc1. The minimum atomic E-state index is -3.52. The molecule has 0 radical (unpaired) electrons. The second kappa shape index (κ2) is 7.97. The summed E-state index contributed by atoms with van der Waals surface area (Å²) in [7, 11) is -2.03. The van der Waals surface area contributed by atoms with Crippen LogP contribution in [0.15, 0.2) is 24.3 Å². The van der Waals surface area contributed by atoms with Crippen LogP contribution in [0.1, 0.15) is 11.1 Å². The van der Waals surface area contributed by atoms with Gasteiger partial charge in [0.2, 0.25) is 10.0 Å². The van der Waals surface area contributed by atoms with Crippen LogP contribution < -0.4 is 0 Å². The van der Waals surface area contributed by atoms with Crippen LogP contribution in [0.5, 0.6) is 0 Å². The van der Waals surface area contributed by atoms with Gasteiger partial charge in [0.25, 0.3) is 0 Å². The molecule has 110 valence electrons. The van der Waals surface area contributed by atoms with E-state index in [9.17, 15) is 8.42 Å². The van der Waals surface area contributed by atoms with Gasteiger partial charge in [0, 0.05) is 20.2 Å². The molecule has 0 amide bonds. The van der Waals surface area contributed by atoms with E-state index in [4.69, 9.17) is 15.1 Å². The standard InChI is InChI=1S/C13H18N2O4S/c1-19-9-7-15(6-8-16)20(17,18)11-13-4-2-12(10-14)3-5-13/h2-5,16H,6-9,11H2,1H3. The van der Waals surface area contributed by atoms with E-state index in [1.54, 1.807) is 24.3 Å². The van der Waals surface area contributed by atoms with Crippen molar-refractivity contribution in [3.8, 4) is 6.07 Å². The van der Waals surface area contributed by atoms with Crippen LogP contribution in [0.25, 0.3) is 0 Å². The Labute approximate surface area is 119 Å². The van der Waals surface area contributed by atoms with Crippen LogP contribution in [-0.4, -0.2) is 51.2 Å². The first-order valence-corrected chi connectivity index (χ1v) is 7.71. The van der Waals surface area contributed by atoms with E-state index in [0.29, 0.717) is 11.1 Å². The number of ether oxygens (including phenoxy) is 1. The van der Waals surface area contributed by atoms with Gasteiger partial charge >= 0.3 is 0 Å². The van der Waals surface area contributed by atoms with Gasteiger partial charge in [0.05, 0.1) is 30.6 Å².